The molecular weight excluding hydrogens is 250 g/mol. The number of benzene rings is 1. The van der Waals surface area contributed by atoms with Crippen LogP contribution in [-0.4, -0.2) is 18.3 Å². The Kier molecular flexibility index (Phi) is 7.74. The molecule has 0 aliphatic carbocycles. The largest absolute Gasteiger partial charge is 0.313 e. The third-order valence-electron chi connectivity index (χ3n) is 2.88. The van der Waals surface area contributed by atoms with Crippen LogP contribution in [0, 0.1) is 0 Å². The summed E-state index contributed by atoms with van der Waals surface area (Å²) in [6.45, 7) is 5.55. The highest BCUT2D eigenvalue weighted by Crippen LogP contribution is 2.20. The van der Waals surface area contributed by atoms with Gasteiger partial charge in [-0.25, -0.2) is 0 Å². The Labute approximate surface area is 114 Å². The Morgan fingerprint density at radius 2 is 1.94 bits per heavy atom. The van der Waals surface area contributed by atoms with Gasteiger partial charge in [-0.2, -0.15) is 11.8 Å². The van der Waals surface area contributed by atoms with Gasteiger partial charge in [0.15, 0.2) is 0 Å². The van der Waals surface area contributed by atoms with Crippen molar-refractivity contribution in [2.45, 2.75) is 38.5 Å². The molecule has 1 nitrogen and oxygen atoms in total. The quantitative estimate of drug-likeness (QED) is 0.706. The van der Waals surface area contributed by atoms with E-state index in [1.54, 1.807) is 0 Å². The maximum absolute atomic E-state index is 6.10. The van der Waals surface area contributed by atoms with Gasteiger partial charge in [0.1, 0.15) is 0 Å². The van der Waals surface area contributed by atoms with Gasteiger partial charge >= 0.3 is 0 Å². The van der Waals surface area contributed by atoms with Crippen LogP contribution in [0.1, 0.15) is 32.3 Å². The van der Waals surface area contributed by atoms with Crippen molar-refractivity contribution in [3.05, 3.63) is 34.9 Å². The lowest BCUT2D eigenvalue weighted by Gasteiger charge is -2.14. The maximum Gasteiger partial charge on any atom is 0.0446 e. The lowest BCUT2D eigenvalue weighted by molar-refractivity contribution is 0.501. The Balaban J connectivity index is 2.14. The van der Waals surface area contributed by atoms with E-state index >= 15 is 0 Å². The molecule has 1 N–H and O–H groups in total. The molecule has 0 spiro atoms. The van der Waals surface area contributed by atoms with Crippen LogP contribution in [0.15, 0.2) is 24.3 Å². The summed E-state index contributed by atoms with van der Waals surface area (Å²) in [5, 5.41) is 4.45. The molecule has 1 aromatic carbocycles. The van der Waals surface area contributed by atoms with Gasteiger partial charge < -0.3 is 5.32 Å². The number of nitrogens with one attached hydrogen (secondary N) is 1. The summed E-state index contributed by atoms with van der Waals surface area (Å²) in [5.41, 5.74) is 1.24. The summed E-state index contributed by atoms with van der Waals surface area (Å²) in [6, 6.07) is 8.76. The molecule has 0 aromatic heterocycles. The second kappa shape index (κ2) is 8.84. The molecule has 0 atom stereocenters. The average molecular weight is 272 g/mol. The molecule has 0 aliphatic rings. The van der Waals surface area contributed by atoms with Crippen molar-refractivity contribution >= 4 is 23.4 Å². The Bertz CT molecular complexity index is 313. The molecule has 17 heavy (non-hydrogen) atoms. The minimum absolute atomic E-state index is 0.677. The third-order valence-corrected chi connectivity index (χ3v) is 4.26. The molecule has 0 bridgehead atoms. The van der Waals surface area contributed by atoms with E-state index in [0.717, 1.165) is 23.1 Å². The molecular formula is C14H22ClNS. The number of thioether (sulfide) groups is 1. The van der Waals surface area contributed by atoms with Gasteiger partial charge in [-0.15, -0.1) is 0 Å². The molecule has 0 unspecified atom stereocenters. The summed E-state index contributed by atoms with van der Waals surface area (Å²) in [7, 11) is 0. The molecule has 96 valence electrons. The molecule has 0 saturated heterocycles. The van der Waals surface area contributed by atoms with Gasteiger partial charge in [0, 0.05) is 29.1 Å². The van der Waals surface area contributed by atoms with Crippen molar-refractivity contribution in [3.63, 3.8) is 0 Å². The van der Waals surface area contributed by atoms with E-state index in [9.17, 15) is 0 Å². The first kappa shape index (κ1) is 14.9. The van der Waals surface area contributed by atoms with E-state index in [0.29, 0.717) is 6.04 Å². The van der Waals surface area contributed by atoms with Gasteiger partial charge in [-0.1, -0.05) is 43.6 Å². The summed E-state index contributed by atoms with van der Waals surface area (Å²) < 4.78 is 0. The lowest BCUT2D eigenvalue weighted by Crippen LogP contribution is -2.29. The van der Waals surface area contributed by atoms with Crippen molar-refractivity contribution in [2.75, 3.05) is 12.3 Å². The topological polar surface area (TPSA) is 12.0 Å². The highest BCUT2D eigenvalue weighted by molar-refractivity contribution is 7.98. The first-order chi connectivity index (χ1) is 8.27. The molecule has 0 radical (unpaired) electrons. The van der Waals surface area contributed by atoms with Crippen molar-refractivity contribution in [1.29, 1.82) is 0 Å². The number of rotatable bonds is 8. The zero-order chi connectivity index (χ0) is 12.5. The second-order valence-corrected chi connectivity index (χ2v) is 5.62. The normalized spacial score (nSPS) is 11.1. The fourth-order valence-corrected chi connectivity index (χ4v) is 2.87. The summed E-state index contributed by atoms with van der Waals surface area (Å²) in [6.07, 6.45) is 2.43. The third kappa shape index (κ3) is 5.80. The molecule has 0 amide bonds. The Morgan fingerprint density at radius 1 is 1.24 bits per heavy atom. The van der Waals surface area contributed by atoms with E-state index in [4.69, 9.17) is 11.6 Å². The zero-order valence-corrected chi connectivity index (χ0v) is 12.3. The van der Waals surface area contributed by atoms with Crippen LogP contribution in [0.25, 0.3) is 0 Å². The van der Waals surface area contributed by atoms with Crippen LogP contribution in [0.3, 0.4) is 0 Å². The fraction of sp³-hybridized carbons (Fsp3) is 0.571. The van der Waals surface area contributed by atoms with Crippen LogP contribution < -0.4 is 5.32 Å². The molecule has 0 saturated carbocycles. The van der Waals surface area contributed by atoms with E-state index in [-0.39, 0.29) is 0 Å². The van der Waals surface area contributed by atoms with Crippen LogP contribution in [0.2, 0.25) is 5.02 Å². The fourth-order valence-electron chi connectivity index (χ4n) is 1.71. The minimum atomic E-state index is 0.677. The van der Waals surface area contributed by atoms with Crippen LogP contribution in [-0.2, 0) is 5.75 Å². The first-order valence-corrected chi connectivity index (χ1v) is 7.85. The van der Waals surface area contributed by atoms with Crippen LogP contribution in [0.5, 0.6) is 0 Å². The van der Waals surface area contributed by atoms with Gasteiger partial charge in [-0.05, 0) is 24.5 Å². The van der Waals surface area contributed by atoms with Crippen LogP contribution in [0.4, 0.5) is 0 Å². The van der Waals surface area contributed by atoms with Gasteiger partial charge in [0.25, 0.3) is 0 Å². The minimum Gasteiger partial charge on any atom is -0.313 e. The summed E-state index contributed by atoms with van der Waals surface area (Å²) in [4.78, 5) is 0. The van der Waals surface area contributed by atoms with Gasteiger partial charge in [0.05, 0.1) is 0 Å². The lowest BCUT2D eigenvalue weighted by atomic mass is 10.2. The second-order valence-electron chi connectivity index (χ2n) is 4.11. The maximum atomic E-state index is 6.10. The summed E-state index contributed by atoms with van der Waals surface area (Å²) in [5.74, 6) is 2.14. The van der Waals surface area contributed by atoms with Crippen LogP contribution >= 0.6 is 23.4 Å². The van der Waals surface area contributed by atoms with Crippen molar-refractivity contribution < 1.29 is 0 Å². The number of hydrogen-bond donors (Lipinski definition) is 1. The Morgan fingerprint density at radius 3 is 2.59 bits per heavy atom. The number of hydrogen-bond acceptors (Lipinski definition) is 2. The highest BCUT2D eigenvalue weighted by Gasteiger charge is 2.02. The average Bonchev–Trinajstić information content (AvgIpc) is 2.36. The smallest absolute Gasteiger partial charge is 0.0446 e. The SMILES string of the molecule is CCC(CC)NCCSCc1ccccc1Cl. The van der Waals surface area contributed by atoms with E-state index in [1.807, 2.05) is 30.0 Å². The molecule has 1 rings (SSSR count). The van der Waals surface area contributed by atoms with E-state index < -0.39 is 0 Å². The predicted molar refractivity (Wildman–Crippen MR) is 80.0 cm³/mol. The molecule has 1 aromatic rings. The van der Waals surface area contributed by atoms with E-state index in [1.165, 1.54) is 18.4 Å². The molecule has 3 heteroatoms. The molecule has 0 fully saturated rings. The van der Waals surface area contributed by atoms with Gasteiger partial charge in [-0.3, -0.25) is 0 Å². The molecule has 0 aliphatic heterocycles. The van der Waals surface area contributed by atoms with Crippen molar-refractivity contribution in [3.8, 4) is 0 Å². The van der Waals surface area contributed by atoms with Crippen molar-refractivity contribution in [1.82, 2.24) is 5.32 Å². The van der Waals surface area contributed by atoms with Gasteiger partial charge in [0.2, 0.25) is 0 Å². The first-order valence-electron chi connectivity index (χ1n) is 6.32. The van der Waals surface area contributed by atoms with E-state index in [2.05, 4.69) is 25.2 Å². The summed E-state index contributed by atoms with van der Waals surface area (Å²) >= 11 is 8.04. The number of halogens is 1. The zero-order valence-electron chi connectivity index (χ0n) is 10.7. The molecule has 0 heterocycles. The Hall–Kier alpha value is -0.180. The predicted octanol–water partition coefficient (Wildman–Crippen LogP) is 4.35. The van der Waals surface area contributed by atoms with Crippen molar-refractivity contribution in [2.24, 2.45) is 0 Å². The monoisotopic (exact) mass is 271 g/mol. The highest BCUT2D eigenvalue weighted by atomic mass is 35.5. The standard InChI is InChI=1S/C14H22ClNS/c1-3-13(4-2)16-9-10-17-11-12-7-5-6-8-14(12)15/h5-8,13,16H,3-4,9-11H2,1-2H3.